The molecule has 146 valence electrons. The fraction of sp³-hybridized carbons (Fsp3) is 0.391. The highest BCUT2D eigenvalue weighted by Gasteiger charge is 2.31. The maximum absolute atomic E-state index is 13.1. The standard InChI is InChI=1S/C23H25FN2O2/c24-20-10-8-17(9-11-20)18-3-1-5-21(14-18)25-23(28)19-4-2-12-26(15-19)22(27)13-16-6-7-16/h1,3,5,8-11,14,16,19H,2,4,6-7,12-13,15H2,(H,25,28)/t19-/m0/s1. The average Bonchev–Trinajstić information content (AvgIpc) is 3.53. The first-order chi connectivity index (χ1) is 13.6. The van der Waals surface area contributed by atoms with Gasteiger partial charge in [-0.25, -0.2) is 4.39 Å². The van der Waals surface area contributed by atoms with E-state index in [1.54, 1.807) is 12.1 Å². The zero-order chi connectivity index (χ0) is 19.5. The number of rotatable bonds is 5. The van der Waals surface area contributed by atoms with Crippen LogP contribution in [-0.2, 0) is 9.59 Å². The molecule has 4 rings (SSSR count). The van der Waals surface area contributed by atoms with Crippen molar-refractivity contribution in [2.24, 2.45) is 11.8 Å². The number of carbonyl (C=O) groups is 2. The minimum Gasteiger partial charge on any atom is -0.342 e. The number of anilines is 1. The molecule has 2 aromatic carbocycles. The van der Waals surface area contributed by atoms with Crippen LogP contribution in [0.15, 0.2) is 48.5 Å². The van der Waals surface area contributed by atoms with Crippen LogP contribution in [0.4, 0.5) is 10.1 Å². The predicted molar refractivity (Wildman–Crippen MR) is 107 cm³/mol. The lowest BCUT2D eigenvalue weighted by atomic mass is 9.96. The first kappa shape index (κ1) is 18.7. The van der Waals surface area contributed by atoms with E-state index in [0.29, 0.717) is 24.6 Å². The molecule has 2 fully saturated rings. The average molecular weight is 380 g/mol. The van der Waals surface area contributed by atoms with E-state index in [4.69, 9.17) is 0 Å². The number of nitrogens with one attached hydrogen (secondary N) is 1. The number of hydrogen-bond donors (Lipinski definition) is 1. The van der Waals surface area contributed by atoms with E-state index >= 15 is 0 Å². The van der Waals surface area contributed by atoms with E-state index in [2.05, 4.69) is 5.32 Å². The second-order valence-electron chi connectivity index (χ2n) is 7.90. The lowest BCUT2D eigenvalue weighted by Gasteiger charge is -2.32. The van der Waals surface area contributed by atoms with Crippen molar-refractivity contribution < 1.29 is 14.0 Å². The van der Waals surface area contributed by atoms with Gasteiger partial charge in [0.05, 0.1) is 5.92 Å². The maximum atomic E-state index is 13.1. The number of nitrogens with zero attached hydrogens (tertiary/aromatic N) is 1. The summed E-state index contributed by atoms with van der Waals surface area (Å²) in [4.78, 5) is 27.0. The van der Waals surface area contributed by atoms with Crippen molar-refractivity contribution in [3.63, 3.8) is 0 Å². The Hall–Kier alpha value is -2.69. The Balaban J connectivity index is 1.39. The molecule has 1 atom stereocenters. The molecular formula is C23H25FN2O2. The van der Waals surface area contributed by atoms with Crippen LogP contribution >= 0.6 is 0 Å². The Kier molecular flexibility index (Phi) is 5.42. The molecule has 1 aliphatic heterocycles. The van der Waals surface area contributed by atoms with Gasteiger partial charge >= 0.3 is 0 Å². The summed E-state index contributed by atoms with van der Waals surface area (Å²) in [6.45, 7) is 1.27. The molecule has 0 aromatic heterocycles. The molecule has 0 radical (unpaired) electrons. The minimum absolute atomic E-state index is 0.0415. The van der Waals surface area contributed by atoms with Gasteiger partial charge in [0.15, 0.2) is 0 Å². The second kappa shape index (κ2) is 8.13. The third-order valence-corrected chi connectivity index (χ3v) is 5.61. The maximum Gasteiger partial charge on any atom is 0.229 e. The van der Waals surface area contributed by atoms with E-state index < -0.39 is 0 Å². The lowest BCUT2D eigenvalue weighted by Crippen LogP contribution is -2.43. The zero-order valence-electron chi connectivity index (χ0n) is 15.9. The molecule has 0 spiro atoms. The SMILES string of the molecule is O=C(Nc1cccc(-c2ccc(F)cc2)c1)[C@H]1CCCN(C(=O)CC2CC2)C1. The normalized spacial score (nSPS) is 19.3. The number of hydrogen-bond acceptors (Lipinski definition) is 2. The molecule has 1 N–H and O–H groups in total. The topological polar surface area (TPSA) is 49.4 Å². The monoisotopic (exact) mass is 380 g/mol. The van der Waals surface area contributed by atoms with Crippen LogP contribution in [0.5, 0.6) is 0 Å². The fourth-order valence-corrected chi connectivity index (χ4v) is 3.78. The van der Waals surface area contributed by atoms with Crippen LogP contribution in [0.2, 0.25) is 0 Å². The van der Waals surface area contributed by atoms with Crippen molar-refractivity contribution in [3.8, 4) is 11.1 Å². The van der Waals surface area contributed by atoms with Crippen molar-refractivity contribution in [3.05, 3.63) is 54.3 Å². The third kappa shape index (κ3) is 4.58. The highest BCUT2D eigenvalue weighted by molar-refractivity contribution is 5.93. The van der Waals surface area contributed by atoms with E-state index in [-0.39, 0.29) is 23.5 Å². The Bertz CT molecular complexity index is 861. The Morgan fingerprint density at radius 1 is 1.04 bits per heavy atom. The molecule has 2 amide bonds. The third-order valence-electron chi connectivity index (χ3n) is 5.61. The van der Waals surface area contributed by atoms with Crippen molar-refractivity contribution in [1.82, 2.24) is 4.90 Å². The van der Waals surface area contributed by atoms with Crippen LogP contribution in [-0.4, -0.2) is 29.8 Å². The molecule has 0 bridgehead atoms. The summed E-state index contributed by atoms with van der Waals surface area (Å²) in [5.41, 5.74) is 2.53. The van der Waals surface area contributed by atoms with Crippen LogP contribution in [0.25, 0.3) is 11.1 Å². The highest BCUT2D eigenvalue weighted by Crippen LogP contribution is 2.33. The van der Waals surface area contributed by atoms with Crippen LogP contribution in [0, 0.1) is 17.7 Å². The molecule has 0 unspecified atom stereocenters. The summed E-state index contributed by atoms with van der Waals surface area (Å²) < 4.78 is 13.1. The molecule has 2 aromatic rings. The molecule has 1 saturated heterocycles. The molecule has 4 nitrogen and oxygen atoms in total. The van der Waals surface area contributed by atoms with Crippen LogP contribution in [0.3, 0.4) is 0 Å². The second-order valence-corrected chi connectivity index (χ2v) is 7.90. The number of benzene rings is 2. The molecule has 1 heterocycles. The van der Waals surface area contributed by atoms with Gasteiger partial charge in [0.25, 0.3) is 0 Å². The van der Waals surface area contributed by atoms with Gasteiger partial charge in [-0.05, 0) is 67.0 Å². The number of likely N-dealkylation sites (tertiary alicyclic amines) is 1. The highest BCUT2D eigenvalue weighted by atomic mass is 19.1. The van der Waals surface area contributed by atoms with Gasteiger partial charge in [0.2, 0.25) is 11.8 Å². The van der Waals surface area contributed by atoms with Gasteiger partial charge in [-0.1, -0.05) is 24.3 Å². The smallest absolute Gasteiger partial charge is 0.229 e. The first-order valence-corrected chi connectivity index (χ1v) is 10.0. The molecule has 5 heteroatoms. The summed E-state index contributed by atoms with van der Waals surface area (Å²) in [7, 11) is 0. The fourth-order valence-electron chi connectivity index (χ4n) is 3.78. The largest absolute Gasteiger partial charge is 0.342 e. The van der Waals surface area contributed by atoms with E-state index in [1.807, 2.05) is 29.2 Å². The van der Waals surface area contributed by atoms with Gasteiger partial charge in [0, 0.05) is 25.2 Å². The summed E-state index contributed by atoms with van der Waals surface area (Å²) >= 11 is 0. The van der Waals surface area contributed by atoms with E-state index in [0.717, 1.165) is 43.4 Å². The molecule has 1 saturated carbocycles. The van der Waals surface area contributed by atoms with Gasteiger partial charge in [-0.3, -0.25) is 9.59 Å². The van der Waals surface area contributed by atoms with Crippen LogP contribution < -0.4 is 5.32 Å². The Morgan fingerprint density at radius 3 is 2.57 bits per heavy atom. The number of amides is 2. The first-order valence-electron chi connectivity index (χ1n) is 10.0. The predicted octanol–water partition coefficient (Wildman–Crippen LogP) is 4.47. The van der Waals surface area contributed by atoms with Crippen LogP contribution in [0.1, 0.15) is 32.1 Å². The van der Waals surface area contributed by atoms with Crippen molar-refractivity contribution >= 4 is 17.5 Å². The zero-order valence-corrected chi connectivity index (χ0v) is 15.9. The quantitative estimate of drug-likeness (QED) is 0.832. The number of piperidine rings is 1. The molecular weight excluding hydrogens is 355 g/mol. The summed E-state index contributed by atoms with van der Waals surface area (Å²) in [6.07, 6.45) is 4.62. The van der Waals surface area contributed by atoms with Crippen molar-refractivity contribution in [2.45, 2.75) is 32.1 Å². The Labute approximate surface area is 164 Å². The van der Waals surface area contributed by atoms with Gasteiger partial charge in [-0.15, -0.1) is 0 Å². The molecule has 2 aliphatic rings. The summed E-state index contributed by atoms with van der Waals surface area (Å²) in [5.74, 6) is 0.270. The number of carbonyl (C=O) groups excluding carboxylic acids is 2. The lowest BCUT2D eigenvalue weighted by molar-refractivity contribution is -0.134. The number of halogens is 1. The summed E-state index contributed by atoms with van der Waals surface area (Å²) in [6, 6.07) is 13.9. The van der Waals surface area contributed by atoms with E-state index in [1.165, 1.54) is 12.1 Å². The molecule has 28 heavy (non-hydrogen) atoms. The van der Waals surface area contributed by atoms with Crippen molar-refractivity contribution in [2.75, 3.05) is 18.4 Å². The van der Waals surface area contributed by atoms with Gasteiger partial charge < -0.3 is 10.2 Å². The Morgan fingerprint density at radius 2 is 1.82 bits per heavy atom. The van der Waals surface area contributed by atoms with Gasteiger partial charge in [0.1, 0.15) is 5.82 Å². The molecule has 1 aliphatic carbocycles. The van der Waals surface area contributed by atoms with E-state index in [9.17, 15) is 14.0 Å². The minimum atomic E-state index is -0.272. The summed E-state index contributed by atoms with van der Waals surface area (Å²) in [5, 5.41) is 2.99. The van der Waals surface area contributed by atoms with Gasteiger partial charge in [-0.2, -0.15) is 0 Å². The van der Waals surface area contributed by atoms with Crippen molar-refractivity contribution in [1.29, 1.82) is 0 Å².